The molecule has 3 heteroatoms. The summed E-state index contributed by atoms with van der Waals surface area (Å²) in [7, 11) is 0. The van der Waals surface area contributed by atoms with Gasteiger partial charge in [-0.2, -0.15) is 5.90 Å². The molecule has 92 valence electrons. The van der Waals surface area contributed by atoms with E-state index in [9.17, 15) is 4.79 Å². The van der Waals surface area contributed by atoms with Crippen LogP contribution in [-0.2, 0) is 16.1 Å². The van der Waals surface area contributed by atoms with Gasteiger partial charge < -0.3 is 4.84 Å². The fourth-order valence-corrected chi connectivity index (χ4v) is 1.66. The maximum Gasteiger partial charge on any atom is 0.349 e. The molecule has 3 nitrogen and oxygen atoms in total. The quantitative estimate of drug-likeness (QED) is 0.628. The van der Waals surface area contributed by atoms with Gasteiger partial charge in [-0.15, -0.1) is 0 Å². The number of carbonyl (C=O) groups is 1. The molecule has 0 spiro atoms. The van der Waals surface area contributed by atoms with Gasteiger partial charge in [-0.1, -0.05) is 31.5 Å². The SMILES string of the molecule is CCCCc1ccc(C=CC(=O)ON)c(C)c1. The Bertz CT molecular complexity index is 411. The fraction of sp³-hybridized carbons (Fsp3) is 0.357. The molecule has 0 atom stereocenters. The average Bonchev–Trinajstić information content (AvgIpc) is 2.34. The summed E-state index contributed by atoms with van der Waals surface area (Å²) in [6.45, 7) is 4.21. The number of aryl methyl sites for hydroxylation is 2. The highest BCUT2D eigenvalue weighted by Gasteiger charge is 1.99. The molecule has 0 aliphatic heterocycles. The molecule has 0 aromatic heterocycles. The number of hydrogen-bond acceptors (Lipinski definition) is 3. The van der Waals surface area contributed by atoms with Crippen molar-refractivity contribution in [1.29, 1.82) is 0 Å². The summed E-state index contributed by atoms with van der Waals surface area (Å²) in [5, 5.41) is 0. The van der Waals surface area contributed by atoms with Crippen LogP contribution < -0.4 is 5.90 Å². The second-order valence-electron chi connectivity index (χ2n) is 4.06. The molecule has 2 N–H and O–H groups in total. The molecule has 0 amide bonds. The van der Waals surface area contributed by atoms with Crippen molar-refractivity contribution < 1.29 is 9.63 Å². The highest BCUT2D eigenvalue weighted by atomic mass is 16.7. The Morgan fingerprint density at radius 3 is 2.82 bits per heavy atom. The molecule has 0 saturated carbocycles. The monoisotopic (exact) mass is 233 g/mol. The highest BCUT2D eigenvalue weighted by molar-refractivity contribution is 5.87. The lowest BCUT2D eigenvalue weighted by molar-refractivity contribution is -0.138. The molecule has 0 unspecified atom stereocenters. The van der Waals surface area contributed by atoms with Crippen LogP contribution in [0.25, 0.3) is 6.08 Å². The molecule has 1 rings (SSSR count). The Labute approximate surface area is 102 Å². The van der Waals surface area contributed by atoms with Crippen LogP contribution in [0.4, 0.5) is 0 Å². The van der Waals surface area contributed by atoms with Gasteiger partial charge in [0.2, 0.25) is 0 Å². The van der Waals surface area contributed by atoms with Crippen LogP contribution >= 0.6 is 0 Å². The lowest BCUT2D eigenvalue weighted by atomic mass is 10.0. The lowest BCUT2D eigenvalue weighted by Crippen LogP contribution is -2.05. The van der Waals surface area contributed by atoms with Crippen LogP contribution in [0.15, 0.2) is 24.3 Å². The van der Waals surface area contributed by atoms with Gasteiger partial charge in [-0.25, -0.2) is 4.79 Å². The van der Waals surface area contributed by atoms with E-state index in [1.54, 1.807) is 6.08 Å². The first-order chi connectivity index (χ1) is 8.17. The minimum Gasteiger partial charge on any atom is -0.370 e. The maximum atomic E-state index is 10.9. The third kappa shape index (κ3) is 4.41. The first kappa shape index (κ1) is 13.5. The number of nitrogens with two attached hydrogens (primary N) is 1. The topological polar surface area (TPSA) is 52.3 Å². The Morgan fingerprint density at radius 1 is 1.47 bits per heavy atom. The van der Waals surface area contributed by atoms with Crippen LogP contribution in [0.3, 0.4) is 0 Å². The molecule has 1 aromatic rings. The molecule has 0 heterocycles. The van der Waals surface area contributed by atoms with Crippen molar-refractivity contribution in [3.8, 4) is 0 Å². The van der Waals surface area contributed by atoms with Crippen LogP contribution in [0.1, 0.15) is 36.5 Å². The Balaban J connectivity index is 2.75. The number of rotatable bonds is 5. The summed E-state index contributed by atoms with van der Waals surface area (Å²) >= 11 is 0. The van der Waals surface area contributed by atoms with Gasteiger partial charge >= 0.3 is 5.97 Å². The van der Waals surface area contributed by atoms with Crippen molar-refractivity contribution in [3.63, 3.8) is 0 Å². The first-order valence-electron chi connectivity index (χ1n) is 5.85. The van der Waals surface area contributed by atoms with E-state index in [4.69, 9.17) is 5.90 Å². The first-order valence-corrected chi connectivity index (χ1v) is 5.85. The summed E-state index contributed by atoms with van der Waals surface area (Å²) in [6.07, 6.45) is 6.55. The van der Waals surface area contributed by atoms with Crippen molar-refractivity contribution in [2.24, 2.45) is 5.90 Å². The van der Waals surface area contributed by atoms with Gasteiger partial charge in [0.25, 0.3) is 0 Å². The van der Waals surface area contributed by atoms with Gasteiger partial charge in [0, 0.05) is 6.08 Å². The van der Waals surface area contributed by atoms with Gasteiger partial charge in [-0.3, -0.25) is 0 Å². The molecule has 0 aliphatic carbocycles. The number of hydrogen-bond donors (Lipinski definition) is 1. The zero-order valence-corrected chi connectivity index (χ0v) is 10.4. The van der Waals surface area contributed by atoms with Gasteiger partial charge in [-0.05, 0) is 42.5 Å². The van der Waals surface area contributed by atoms with Gasteiger partial charge in [0.1, 0.15) is 0 Å². The predicted molar refractivity (Wildman–Crippen MR) is 69.1 cm³/mol. The van der Waals surface area contributed by atoms with Crippen molar-refractivity contribution >= 4 is 12.0 Å². The minimum atomic E-state index is -0.542. The largest absolute Gasteiger partial charge is 0.370 e. The zero-order valence-electron chi connectivity index (χ0n) is 10.4. The smallest absolute Gasteiger partial charge is 0.349 e. The third-order valence-electron chi connectivity index (χ3n) is 2.67. The summed E-state index contributed by atoms with van der Waals surface area (Å²) in [5.74, 6) is 4.21. The lowest BCUT2D eigenvalue weighted by Gasteiger charge is -2.04. The molecular formula is C14H19NO2. The Hall–Kier alpha value is -1.61. The molecular weight excluding hydrogens is 214 g/mol. The summed E-state index contributed by atoms with van der Waals surface area (Å²) in [5.41, 5.74) is 3.50. The molecule has 1 aromatic carbocycles. The van der Waals surface area contributed by atoms with E-state index in [1.165, 1.54) is 24.5 Å². The summed E-state index contributed by atoms with van der Waals surface area (Å²) in [4.78, 5) is 14.9. The molecule has 0 saturated heterocycles. The van der Waals surface area contributed by atoms with E-state index >= 15 is 0 Å². The van der Waals surface area contributed by atoms with Gasteiger partial charge in [0.05, 0.1) is 0 Å². The van der Waals surface area contributed by atoms with E-state index < -0.39 is 5.97 Å². The van der Waals surface area contributed by atoms with Crippen molar-refractivity contribution in [2.75, 3.05) is 0 Å². The Kier molecular flexibility index (Phi) is 5.43. The average molecular weight is 233 g/mol. The molecule has 0 bridgehead atoms. The zero-order chi connectivity index (χ0) is 12.7. The third-order valence-corrected chi connectivity index (χ3v) is 2.67. The van der Waals surface area contributed by atoms with Crippen molar-refractivity contribution in [1.82, 2.24) is 0 Å². The van der Waals surface area contributed by atoms with Gasteiger partial charge in [0.15, 0.2) is 0 Å². The molecule has 0 aliphatic rings. The van der Waals surface area contributed by atoms with Crippen molar-refractivity contribution in [2.45, 2.75) is 33.1 Å². The number of benzene rings is 1. The Morgan fingerprint density at radius 2 is 2.24 bits per heavy atom. The summed E-state index contributed by atoms with van der Waals surface area (Å²) < 4.78 is 0. The van der Waals surface area contributed by atoms with Crippen LogP contribution in [0, 0.1) is 6.92 Å². The van der Waals surface area contributed by atoms with E-state index in [1.807, 2.05) is 13.0 Å². The molecule has 0 fully saturated rings. The van der Waals surface area contributed by atoms with Crippen LogP contribution in [-0.4, -0.2) is 5.97 Å². The standard InChI is InChI=1S/C14H19NO2/c1-3-4-5-12-6-7-13(11(2)10-12)8-9-14(16)17-15/h6-10H,3-5,15H2,1-2H3. The number of unbranched alkanes of at least 4 members (excludes halogenated alkanes) is 1. The van der Waals surface area contributed by atoms with E-state index in [-0.39, 0.29) is 0 Å². The minimum absolute atomic E-state index is 0.542. The second-order valence-corrected chi connectivity index (χ2v) is 4.06. The summed E-state index contributed by atoms with van der Waals surface area (Å²) in [6, 6.07) is 6.26. The van der Waals surface area contributed by atoms with Crippen molar-refractivity contribution in [3.05, 3.63) is 41.0 Å². The highest BCUT2D eigenvalue weighted by Crippen LogP contribution is 2.14. The molecule has 0 radical (unpaired) electrons. The maximum absolute atomic E-state index is 10.9. The van der Waals surface area contributed by atoms with Crippen LogP contribution in [0.5, 0.6) is 0 Å². The fourth-order valence-electron chi connectivity index (χ4n) is 1.66. The van der Waals surface area contributed by atoms with E-state index in [0.29, 0.717) is 0 Å². The second kappa shape index (κ2) is 6.86. The number of carbonyl (C=O) groups excluding carboxylic acids is 1. The van der Waals surface area contributed by atoms with E-state index in [0.717, 1.165) is 17.5 Å². The molecule has 17 heavy (non-hydrogen) atoms. The normalized spacial score (nSPS) is 10.8. The van der Waals surface area contributed by atoms with Crippen LogP contribution in [0.2, 0.25) is 0 Å². The van der Waals surface area contributed by atoms with E-state index in [2.05, 4.69) is 23.9 Å². The predicted octanol–water partition coefficient (Wildman–Crippen LogP) is 2.77.